The quantitative estimate of drug-likeness (QED) is 0.834. The number of hydrogen-bond donors (Lipinski definition) is 2. The Morgan fingerprint density at radius 3 is 2.89 bits per heavy atom. The first-order valence-electron chi connectivity index (χ1n) is 5.30. The van der Waals surface area contributed by atoms with E-state index in [-0.39, 0.29) is 0 Å². The van der Waals surface area contributed by atoms with E-state index in [0.29, 0.717) is 11.3 Å². The third-order valence-corrected chi connectivity index (χ3v) is 4.16. The molecule has 2 rings (SSSR count). The van der Waals surface area contributed by atoms with Gasteiger partial charge in [0.25, 0.3) is 5.91 Å². The molecule has 0 atom stereocenters. The summed E-state index contributed by atoms with van der Waals surface area (Å²) in [6.45, 7) is 2.00. The van der Waals surface area contributed by atoms with Crippen LogP contribution in [0.1, 0.15) is 23.1 Å². The molecular weight excluding hydrogens is 268 g/mol. The van der Waals surface area contributed by atoms with Crippen LogP contribution in [-0.2, 0) is 6.42 Å². The number of aryl methyl sites for hydroxylation is 1. The van der Waals surface area contributed by atoms with Crippen molar-refractivity contribution >= 4 is 34.9 Å². The van der Waals surface area contributed by atoms with Gasteiger partial charge < -0.3 is 11.5 Å². The molecular formula is C11H12N4OS2. The Bertz CT molecular complexity index is 582. The molecule has 2 aromatic rings. The third-order valence-electron chi connectivity index (χ3n) is 2.29. The van der Waals surface area contributed by atoms with Gasteiger partial charge in [-0.25, -0.2) is 4.98 Å². The van der Waals surface area contributed by atoms with E-state index in [2.05, 4.69) is 9.36 Å². The van der Waals surface area contributed by atoms with Crippen molar-refractivity contribution in [3.8, 4) is 0 Å². The maximum Gasteiger partial charge on any atom is 0.250 e. The number of benzene rings is 1. The van der Waals surface area contributed by atoms with Crippen LogP contribution < -0.4 is 11.5 Å². The Labute approximate surface area is 113 Å². The molecule has 5 nitrogen and oxygen atoms in total. The zero-order valence-electron chi connectivity index (χ0n) is 9.71. The van der Waals surface area contributed by atoms with Crippen LogP contribution in [0.2, 0.25) is 0 Å². The molecule has 0 aliphatic heterocycles. The molecule has 0 radical (unpaired) electrons. The second-order valence-electron chi connectivity index (χ2n) is 3.51. The van der Waals surface area contributed by atoms with Crippen LogP contribution in [0.5, 0.6) is 0 Å². The molecule has 0 saturated carbocycles. The number of hydrogen-bond acceptors (Lipinski definition) is 6. The molecule has 1 amide bonds. The number of nitrogens with zero attached hydrogens (tertiary/aromatic N) is 2. The van der Waals surface area contributed by atoms with Gasteiger partial charge in [0, 0.05) is 11.3 Å². The number of amides is 1. The molecule has 0 aliphatic rings. The number of nitrogen functional groups attached to an aromatic ring is 1. The lowest BCUT2D eigenvalue weighted by Gasteiger charge is -2.06. The Hall–Kier alpha value is -1.60. The molecule has 0 fully saturated rings. The molecule has 1 heterocycles. The molecule has 0 unspecified atom stereocenters. The number of carbonyl (C=O) groups excluding carboxylic acids is 1. The normalized spacial score (nSPS) is 10.5. The van der Waals surface area contributed by atoms with E-state index in [9.17, 15) is 4.79 Å². The molecule has 0 spiro atoms. The first-order chi connectivity index (χ1) is 8.61. The Morgan fingerprint density at radius 1 is 1.50 bits per heavy atom. The van der Waals surface area contributed by atoms with Crippen molar-refractivity contribution in [1.82, 2.24) is 9.36 Å². The number of carbonyl (C=O) groups is 1. The third kappa shape index (κ3) is 2.62. The maximum atomic E-state index is 11.2. The van der Waals surface area contributed by atoms with Gasteiger partial charge >= 0.3 is 0 Å². The number of para-hydroxylation sites is 1. The summed E-state index contributed by atoms with van der Waals surface area (Å²) in [7, 11) is 0. The fourth-order valence-electron chi connectivity index (χ4n) is 1.36. The standard InChI is InChI=1S/C11H12N4OS2/c1-2-8-14-11(18-15-8)17-7-5-3-4-6(9(7)12)10(13)16/h3-5H,2,12H2,1H3,(H2,13,16). The molecule has 7 heteroatoms. The topological polar surface area (TPSA) is 94.9 Å². The minimum absolute atomic E-state index is 0.334. The summed E-state index contributed by atoms with van der Waals surface area (Å²) in [6, 6.07) is 5.19. The van der Waals surface area contributed by atoms with Gasteiger partial charge in [0.1, 0.15) is 5.82 Å². The van der Waals surface area contributed by atoms with Crippen LogP contribution in [0.25, 0.3) is 0 Å². The van der Waals surface area contributed by atoms with Crippen LogP contribution >= 0.6 is 23.3 Å². The van der Waals surface area contributed by atoms with Crippen molar-refractivity contribution in [2.24, 2.45) is 5.73 Å². The maximum absolute atomic E-state index is 11.2. The highest BCUT2D eigenvalue weighted by atomic mass is 32.2. The number of rotatable bonds is 4. The number of anilines is 1. The van der Waals surface area contributed by atoms with E-state index >= 15 is 0 Å². The predicted molar refractivity (Wildman–Crippen MR) is 72.8 cm³/mol. The van der Waals surface area contributed by atoms with Crippen molar-refractivity contribution < 1.29 is 4.79 Å². The second-order valence-corrected chi connectivity index (χ2v) is 5.55. The number of aromatic nitrogens is 2. The van der Waals surface area contributed by atoms with Gasteiger partial charge in [0.15, 0.2) is 4.34 Å². The molecule has 94 valence electrons. The summed E-state index contributed by atoms with van der Waals surface area (Å²) in [5.41, 5.74) is 11.9. The summed E-state index contributed by atoms with van der Waals surface area (Å²) >= 11 is 2.72. The highest BCUT2D eigenvalue weighted by Crippen LogP contribution is 2.34. The molecule has 18 heavy (non-hydrogen) atoms. The Kier molecular flexibility index (Phi) is 3.83. The predicted octanol–water partition coefficient (Wildman–Crippen LogP) is 1.93. The van der Waals surface area contributed by atoms with Crippen molar-refractivity contribution in [2.45, 2.75) is 22.6 Å². The zero-order chi connectivity index (χ0) is 13.1. The largest absolute Gasteiger partial charge is 0.397 e. The van der Waals surface area contributed by atoms with Gasteiger partial charge in [-0.05, 0) is 23.7 Å². The van der Waals surface area contributed by atoms with Gasteiger partial charge in [-0.1, -0.05) is 24.8 Å². The highest BCUT2D eigenvalue weighted by molar-refractivity contribution is 8.01. The van der Waals surface area contributed by atoms with E-state index < -0.39 is 5.91 Å². The van der Waals surface area contributed by atoms with E-state index in [4.69, 9.17) is 11.5 Å². The van der Waals surface area contributed by atoms with Crippen molar-refractivity contribution in [2.75, 3.05) is 5.73 Å². The minimum atomic E-state index is -0.526. The van der Waals surface area contributed by atoms with E-state index in [0.717, 1.165) is 21.5 Å². The van der Waals surface area contributed by atoms with Crippen LogP contribution in [0, 0.1) is 0 Å². The van der Waals surface area contributed by atoms with Gasteiger partial charge in [-0.3, -0.25) is 4.79 Å². The summed E-state index contributed by atoms with van der Waals surface area (Å²) in [5.74, 6) is 0.286. The molecule has 1 aromatic carbocycles. The van der Waals surface area contributed by atoms with Crippen molar-refractivity contribution in [3.63, 3.8) is 0 Å². The first-order valence-corrected chi connectivity index (χ1v) is 6.89. The highest BCUT2D eigenvalue weighted by Gasteiger charge is 2.12. The molecule has 0 bridgehead atoms. The summed E-state index contributed by atoms with van der Waals surface area (Å²) < 4.78 is 5.00. The molecule has 0 aliphatic carbocycles. The van der Waals surface area contributed by atoms with E-state index in [1.54, 1.807) is 12.1 Å². The van der Waals surface area contributed by atoms with Gasteiger partial charge in [-0.2, -0.15) is 4.37 Å². The van der Waals surface area contributed by atoms with Gasteiger partial charge in [-0.15, -0.1) is 0 Å². The average molecular weight is 280 g/mol. The van der Waals surface area contributed by atoms with Crippen LogP contribution in [0.3, 0.4) is 0 Å². The Balaban J connectivity index is 2.29. The summed E-state index contributed by atoms with van der Waals surface area (Å²) in [6.07, 6.45) is 0.799. The van der Waals surface area contributed by atoms with E-state index in [1.165, 1.54) is 23.3 Å². The van der Waals surface area contributed by atoms with E-state index in [1.807, 2.05) is 13.0 Å². The van der Waals surface area contributed by atoms with Crippen LogP contribution in [0.4, 0.5) is 5.69 Å². The molecule has 1 aromatic heterocycles. The lowest BCUT2D eigenvalue weighted by Crippen LogP contribution is -2.13. The number of nitrogens with two attached hydrogens (primary N) is 2. The van der Waals surface area contributed by atoms with Gasteiger partial charge in [0.05, 0.1) is 11.3 Å². The first kappa shape index (κ1) is 12.8. The summed E-state index contributed by atoms with van der Waals surface area (Å²) in [4.78, 5) is 16.3. The average Bonchev–Trinajstić information content (AvgIpc) is 2.79. The lowest BCUT2D eigenvalue weighted by molar-refractivity contribution is 0.100. The summed E-state index contributed by atoms with van der Waals surface area (Å²) in [5, 5.41) is 0. The zero-order valence-corrected chi connectivity index (χ0v) is 11.3. The number of primary amides is 1. The fourth-order valence-corrected chi connectivity index (χ4v) is 3.10. The molecule has 4 N–H and O–H groups in total. The smallest absolute Gasteiger partial charge is 0.250 e. The van der Waals surface area contributed by atoms with Crippen LogP contribution in [0.15, 0.2) is 27.4 Å². The fraction of sp³-hybridized carbons (Fsp3) is 0.182. The monoisotopic (exact) mass is 280 g/mol. The molecule has 0 saturated heterocycles. The Morgan fingerprint density at radius 2 is 2.28 bits per heavy atom. The SMILES string of the molecule is CCc1nsc(Sc2cccc(C(N)=O)c2N)n1. The minimum Gasteiger partial charge on any atom is -0.397 e. The van der Waals surface area contributed by atoms with Crippen LogP contribution in [-0.4, -0.2) is 15.3 Å². The lowest BCUT2D eigenvalue weighted by atomic mass is 10.2. The van der Waals surface area contributed by atoms with Crippen molar-refractivity contribution in [1.29, 1.82) is 0 Å². The van der Waals surface area contributed by atoms with Crippen molar-refractivity contribution in [3.05, 3.63) is 29.6 Å². The second kappa shape index (κ2) is 5.36. The van der Waals surface area contributed by atoms with Gasteiger partial charge in [0.2, 0.25) is 0 Å².